The number of aliphatic hydroxyl groups is 1. The number of nitrogen functional groups attached to an aromatic ring is 1. The fraction of sp³-hybridized carbons (Fsp3) is 0.400. The summed E-state index contributed by atoms with van der Waals surface area (Å²) in [6, 6.07) is 3.77. The van der Waals surface area contributed by atoms with Crippen LogP contribution in [0.4, 0.5) is 11.8 Å². The number of aryl methyl sites for hydroxylation is 1. The van der Waals surface area contributed by atoms with Crippen molar-refractivity contribution in [3.05, 3.63) is 41.1 Å². The van der Waals surface area contributed by atoms with Crippen LogP contribution in [0.5, 0.6) is 0 Å². The van der Waals surface area contributed by atoms with E-state index in [2.05, 4.69) is 15.3 Å². The third kappa shape index (κ3) is 4.45. The highest BCUT2D eigenvalue weighted by molar-refractivity contribution is 5.94. The molecule has 8 nitrogen and oxygen atoms in total. The fourth-order valence-electron chi connectivity index (χ4n) is 2.94. The van der Waals surface area contributed by atoms with Crippen LogP contribution in [0.1, 0.15) is 33.6 Å². The van der Waals surface area contributed by atoms with Crippen molar-refractivity contribution in [3.63, 3.8) is 0 Å². The summed E-state index contributed by atoms with van der Waals surface area (Å²) in [5.41, 5.74) is 6.59. The maximum atomic E-state index is 13.1. The van der Waals surface area contributed by atoms with E-state index in [0.29, 0.717) is 29.9 Å². The average molecular weight is 382 g/mol. The van der Waals surface area contributed by atoms with Gasteiger partial charge in [0.25, 0.3) is 5.56 Å². The molecule has 0 saturated carbocycles. The van der Waals surface area contributed by atoms with E-state index in [0.717, 1.165) is 17.4 Å². The molecule has 0 amide bonds. The lowest BCUT2D eigenvalue weighted by atomic mass is 10.1. The van der Waals surface area contributed by atoms with Gasteiger partial charge in [0, 0.05) is 42.8 Å². The van der Waals surface area contributed by atoms with E-state index in [1.54, 1.807) is 23.2 Å². The minimum absolute atomic E-state index is 0.102. The number of rotatable bonds is 6. The van der Waals surface area contributed by atoms with Gasteiger partial charge in [-0.2, -0.15) is 0 Å². The van der Waals surface area contributed by atoms with E-state index < -0.39 is 0 Å². The minimum Gasteiger partial charge on any atom is -0.396 e. The van der Waals surface area contributed by atoms with Crippen LogP contribution < -0.4 is 16.6 Å². The molecule has 0 fully saturated rings. The van der Waals surface area contributed by atoms with E-state index >= 15 is 0 Å². The number of nitrogens with two attached hydrogens (primary N) is 1. The lowest BCUT2D eigenvalue weighted by Crippen LogP contribution is -2.29. The number of anilines is 2. The summed E-state index contributed by atoms with van der Waals surface area (Å²) in [4.78, 5) is 25.9. The number of fused-ring (bicyclic) bond motifs is 1. The largest absolute Gasteiger partial charge is 0.396 e. The number of hydrogen-bond acceptors (Lipinski definition) is 7. The number of aromatic nitrogens is 4. The third-order valence-electron chi connectivity index (χ3n) is 4.23. The predicted octanol–water partition coefficient (Wildman–Crippen LogP) is 2.42. The normalized spacial score (nSPS) is 11.7. The van der Waals surface area contributed by atoms with E-state index in [9.17, 15) is 4.79 Å². The minimum atomic E-state index is -0.278. The summed E-state index contributed by atoms with van der Waals surface area (Å²) in [6.45, 7) is 6.72. The Morgan fingerprint density at radius 3 is 2.57 bits per heavy atom. The molecular formula is C20H26N6O2. The zero-order valence-electron chi connectivity index (χ0n) is 16.4. The molecule has 3 aromatic heterocycles. The fourth-order valence-corrected chi connectivity index (χ4v) is 2.94. The van der Waals surface area contributed by atoms with Crippen molar-refractivity contribution in [2.24, 2.45) is 0 Å². The van der Waals surface area contributed by atoms with Crippen molar-refractivity contribution < 1.29 is 5.11 Å². The Labute approximate surface area is 163 Å². The highest BCUT2D eigenvalue weighted by Gasteiger charge is 2.18. The second kappa shape index (κ2) is 7.93. The van der Waals surface area contributed by atoms with Crippen molar-refractivity contribution in [1.82, 2.24) is 19.5 Å². The molecule has 0 saturated heterocycles. The summed E-state index contributed by atoms with van der Waals surface area (Å²) in [6.07, 6.45) is 6.41. The first-order valence-corrected chi connectivity index (χ1v) is 9.29. The molecule has 148 valence electrons. The molecule has 3 heterocycles. The molecule has 0 unspecified atom stereocenters. The van der Waals surface area contributed by atoms with Gasteiger partial charge in [0.15, 0.2) is 0 Å². The molecular weight excluding hydrogens is 356 g/mol. The van der Waals surface area contributed by atoms with Crippen LogP contribution in [0.15, 0.2) is 35.5 Å². The summed E-state index contributed by atoms with van der Waals surface area (Å²) in [5.74, 6) is 0.724. The van der Waals surface area contributed by atoms with Crippen LogP contribution in [0.3, 0.4) is 0 Å². The summed E-state index contributed by atoms with van der Waals surface area (Å²) in [5, 5.41) is 13.7. The zero-order chi connectivity index (χ0) is 20.3. The van der Waals surface area contributed by atoms with Gasteiger partial charge in [-0.3, -0.25) is 4.79 Å². The van der Waals surface area contributed by atoms with Crippen molar-refractivity contribution in [3.8, 4) is 11.3 Å². The van der Waals surface area contributed by atoms with Crippen molar-refractivity contribution in [2.45, 2.75) is 45.7 Å². The average Bonchev–Trinajstić information content (AvgIpc) is 2.62. The van der Waals surface area contributed by atoms with Gasteiger partial charge in [-0.1, -0.05) is 0 Å². The maximum Gasteiger partial charge on any atom is 0.262 e. The Kier molecular flexibility index (Phi) is 5.60. The molecule has 0 aliphatic heterocycles. The summed E-state index contributed by atoms with van der Waals surface area (Å²) in [7, 11) is 0. The number of hydrogen-bond donors (Lipinski definition) is 3. The Balaban J connectivity index is 2.16. The van der Waals surface area contributed by atoms with Gasteiger partial charge in [0.1, 0.15) is 5.82 Å². The number of pyridine rings is 2. The van der Waals surface area contributed by atoms with Crippen LogP contribution >= 0.6 is 0 Å². The van der Waals surface area contributed by atoms with Crippen LogP contribution in [0.25, 0.3) is 22.0 Å². The predicted molar refractivity (Wildman–Crippen MR) is 111 cm³/mol. The number of nitrogens with one attached hydrogen (secondary N) is 1. The molecule has 4 N–H and O–H groups in total. The molecule has 8 heteroatoms. The standard InChI is InChI=1S/C20H26N6O2/c1-20(2,3)25-17-16-13(6-8-26(18(16)28)7-4-5-9-27)10-15(24-17)14-11-22-19(21)23-12-14/h6,8,10-12,27H,4-5,7,9H2,1-3H3,(H,24,25)(H2,21,22,23). The first kappa shape index (κ1) is 19.8. The van der Waals surface area contributed by atoms with Crippen LogP contribution in [0, 0.1) is 0 Å². The summed E-state index contributed by atoms with van der Waals surface area (Å²) < 4.78 is 1.67. The molecule has 3 aromatic rings. The van der Waals surface area contributed by atoms with Gasteiger partial charge in [-0.15, -0.1) is 0 Å². The zero-order valence-corrected chi connectivity index (χ0v) is 16.4. The molecule has 3 rings (SSSR count). The van der Waals surface area contributed by atoms with Gasteiger partial charge in [0.05, 0.1) is 11.1 Å². The van der Waals surface area contributed by atoms with Gasteiger partial charge in [-0.25, -0.2) is 15.0 Å². The summed E-state index contributed by atoms with van der Waals surface area (Å²) >= 11 is 0. The first-order chi connectivity index (χ1) is 13.3. The van der Waals surface area contributed by atoms with E-state index in [1.165, 1.54) is 0 Å². The number of aliphatic hydroxyl groups excluding tert-OH is 1. The van der Waals surface area contributed by atoms with Gasteiger partial charge in [-0.05, 0) is 51.1 Å². The van der Waals surface area contributed by atoms with Gasteiger partial charge >= 0.3 is 0 Å². The van der Waals surface area contributed by atoms with Crippen LogP contribution in [0.2, 0.25) is 0 Å². The quantitative estimate of drug-likeness (QED) is 0.560. The van der Waals surface area contributed by atoms with E-state index in [-0.39, 0.29) is 23.7 Å². The third-order valence-corrected chi connectivity index (χ3v) is 4.23. The van der Waals surface area contributed by atoms with E-state index in [4.69, 9.17) is 15.8 Å². The number of nitrogens with zero attached hydrogens (tertiary/aromatic N) is 4. The molecule has 0 spiro atoms. The van der Waals surface area contributed by atoms with E-state index in [1.807, 2.05) is 32.9 Å². The Bertz CT molecular complexity index is 1020. The maximum absolute atomic E-state index is 13.1. The van der Waals surface area contributed by atoms with Crippen LogP contribution in [-0.2, 0) is 6.54 Å². The molecule has 0 aliphatic rings. The van der Waals surface area contributed by atoms with Crippen LogP contribution in [-0.4, -0.2) is 36.8 Å². The lowest BCUT2D eigenvalue weighted by Gasteiger charge is -2.23. The molecule has 0 radical (unpaired) electrons. The van der Waals surface area contributed by atoms with Crippen molar-refractivity contribution in [2.75, 3.05) is 17.7 Å². The molecule has 0 aliphatic carbocycles. The van der Waals surface area contributed by atoms with Gasteiger partial charge < -0.3 is 20.7 Å². The lowest BCUT2D eigenvalue weighted by molar-refractivity contribution is 0.281. The number of unbranched alkanes of at least 4 members (excludes halogenated alkanes) is 1. The Morgan fingerprint density at radius 2 is 1.93 bits per heavy atom. The van der Waals surface area contributed by atoms with Crippen molar-refractivity contribution in [1.29, 1.82) is 0 Å². The molecule has 0 bridgehead atoms. The Hall–Kier alpha value is -3.00. The first-order valence-electron chi connectivity index (χ1n) is 9.29. The highest BCUT2D eigenvalue weighted by atomic mass is 16.2. The Morgan fingerprint density at radius 1 is 1.21 bits per heavy atom. The highest BCUT2D eigenvalue weighted by Crippen LogP contribution is 2.27. The SMILES string of the molecule is CC(C)(C)Nc1nc(-c2cnc(N)nc2)cc2ccn(CCCCO)c(=O)c12. The second-order valence-corrected chi connectivity index (χ2v) is 7.77. The van der Waals surface area contributed by atoms with Crippen molar-refractivity contribution >= 4 is 22.5 Å². The monoisotopic (exact) mass is 382 g/mol. The second-order valence-electron chi connectivity index (χ2n) is 7.77. The molecule has 0 aromatic carbocycles. The smallest absolute Gasteiger partial charge is 0.262 e. The molecule has 28 heavy (non-hydrogen) atoms. The molecule has 0 atom stereocenters. The topological polar surface area (TPSA) is 119 Å². The van der Waals surface area contributed by atoms with Gasteiger partial charge in [0.2, 0.25) is 5.95 Å².